The summed E-state index contributed by atoms with van der Waals surface area (Å²) >= 11 is 11.9. The van der Waals surface area contributed by atoms with Crippen molar-refractivity contribution in [3.05, 3.63) is 33.8 Å². The molecule has 0 spiro atoms. The van der Waals surface area contributed by atoms with E-state index in [-0.39, 0.29) is 22.8 Å². The van der Waals surface area contributed by atoms with E-state index in [9.17, 15) is 9.59 Å². The van der Waals surface area contributed by atoms with E-state index in [0.29, 0.717) is 23.0 Å². The zero-order valence-electron chi connectivity index (χ0n) is 13.6. The molecule has 6 heteroatoms. The minimum atomic E-state index is -0.542. The Bertz CT molecular complexity index is 600. The number of amides is 2. The SMILES string of the molecule is CC(C)CC(NC(=O)c1ccc(Cl)cc1Cl)C(=O)N(C)C1CC1. The average molecular weight is 357 g/mol. The molecule has 4 nitrogen and oxygen atoms in total. The predicted molar refractivity (Wildman–Crippen MR) is 93.0 cm³/mol. The second-order valence-corrected chi connectivity index (χ2v) is 7.30. The molecule has 1 N–H and O–H groups in total. The topological polar surface area (TPSA) is 49.4 Å². The van der Waals surface area contributed by atoms with Crippen LogP contribution in [0.4, 0.5) is 0 Å². The standard InChI is InChI=1S/C17H22Cl2N2O2/c1-10(2)8-15(17(23)21(3)12-5-6-12)20-16(22)13-7-4-11(18)9-14(13)19/h4,7,9-10,12,15H,5-6,8H2,1-3H3,(H,20,22). The van der Waals surface area contributed by atoms with Gasteiger partial charge in [-0.15, -0.1) is 0 Å². The molecule has 0 radical (unpaired) electrons. The van der Waals surface area contributed by atoms with Crippen LogP contribution in [-0.2, 0) is 4.79 Å². The van der Waals surface area contributed by atoms with Gasteiger partial charge in [-0.2, -0.15) is 0 Å². The summed E-state index contributed by atoms with van der Waals surface area (Å²) in [6, 6.07) is 4.47. The first kappa shape index (κ1) is 18.1. The molecule has 0 bridgehead atoms. The second kappa shape index (κ2) is 7.54. The van der Waals surface area contributed by atoms with Crippen molar-refractivity contribution in [3.8, 4) is 0 Å². The number of rotatable bonds is 6. The molecule has 1 aromatic carbocycles. The molecular weight excluding hydrogens is 335 g/mol. The minimum Gasteiger partial charge on any atom is -0.341 e. The molecule has 23 heavy (non-hydrogen) atoms. The van der Waals surface area contributed by atoms with E-state index in [0.717, 1.165) is 12.8 Å². The fourth-order valence-electron chi connectivity index (χ4n) is 2.49. The molecule has 0 heterocycles. The predicted octanol–water partition coefficient (Wildman–Crippen LogP) is 3.76. The van der Waals surface area contributed by atoms with E-state index >= 15 is 0 Å². The lowest BCUT2D eigenvalue weighted by atomic mass is 10.0. The third-order valence-corrected chi connectivity index (χ3v) is 4.48. The van der Waals surface area contributed by atoms with Gasteiger partial charge in [0, 0.05) is 18.1 Å². The molecular formula is C17H22Cl2N2O2. The van der Waals surface area contributed by atoms with Crippen LogP contribution in [0.15, 0.2) is 18.2 Å². The van der Waals surface area contributed by atoms with Crippen LogP contribution in [-0.4, -0.2) is 35.8 Å². The van der Waals surface area contributed by atoms with Gasteiger partial charge in [0.25, 0.3) is 5.91 Å². The van der Waals surface area contributed by atoms with Gasteiger partial charge in [-0.05, 0) is 43.4 Å². The third-order valence-electron chi connectivity index (χ3n) is 3.93. The van der Waals surface area contributed by atoms with Crippen molar-refractivity contribution in [2.45, 2.75) is 45.2 Å². The number of carbonyl (C=O) groups is 2. The number of hydrogen-bond acceptors (Lipinski definition) is 2. The first-order valence-corrected chi connectivity index (χ1v) is 8.57. The maximum absolute atomic E-state index is 12.6. The Hall–Kier alpha value is -1.26. The number of benzene rings is 1. The highest BCUT2D eigenvalue weighted by molar-refractivity contribution is 6.36. The van der Waals surface area contributed by atoms with E-state index in [1.807, 2.05) is 13.8 Å². The van der Waals surface area contributed by atoms with Crippen LogP contribution in [0.2, 0.25) is 10.0 Å². The van der Waals surface area contributed by atoms with Gasteiger partial charge in [-0.3, -0.25) is 9.59 Å². The van der Waals surface area contributed by atoms with Crippen LogP contribution in [0.3, 0.4) is 0 Å². The van der Waals surface area contributed by atoms with Gasteiger partial charge in [-0.25, -0.2) is 0 Å². The molecule has 1 fully saturated rings. The zero-order valence-corrected chi connectivity index (χ0v) is 15.1. The van der Waals surface area contributed by atoms with Gasteiger partial charge in [0.2, 0.25) is 5.91 Å². The summed E-state index contributed by atoms with van der Waals surface area (Å²) in [7, 11) is 1.80. The van der Waals surface area contributed by atoms with E-state index < -0.39 is 6.04 Å². The number of hydrogen-bond donors (Lipinski definition) is 1. The normalized spacial score (nSPS) is 15.4. The quantitative estimate of drug-likeness (QED) is 0.843. The van der Waals surface area contributed by atoms with Gasteiger partial charge in [0.15, 0.2) is 0 Å². The van der Waals surface area contributed by atoms with Crippen molar-refractivity contribution in [1.82, 2.24) is 10.2 Å². The van der Waals surface area contributed by atoms with Gasteiger partial charge in [0.1, 0.15) is 6.04 Å². The monoisotopic (exact) mass is 356 g/mol. The largest absolute Gasteiger partial charge is 0.341 e. The van der Waals surface area contributed by atoms with Gasteiger partial charge >= 0.3 is 0 Å². The van der Waals surface area contributed by atoms with Gasteiger partial charge in [0.05, 0.1) is 10.6 Å². The maximum atomic E-state index is 12.6. The van der Waals surface area contributed by atoms with Gasteiger partial charge in [-0.1, -0.05) is 37.0 Å². The number of carbonyl (C=O) groups excluding carboxylic acids is 2. The number of nitrogens with zero attached hydrogens (tertiary/aromatic N) is 1. The lowest BCUT2D eigenvalue weighted by Crippen LogP contribution is -2.48. The molecule has 0 aliphatic heterocycles. The lowest BCUT2D eigenvalue weighted by Gasteiger charge is -2.26. The Morgan fingerprint density at radius 2 is 1.96 bits per heavy atom. The van der Waals surface area contributed by atoms with Gasteiger partial charge < -0.3 is 10.2 Å². The van der Waals surface area contributed by atoms with E-state index in [4.69, 9.17) is 23.2 Å². The van der Waals surface area contributed by atoms with E-state index in [1.54, 1.807) is 24.1 Å². The summed E-state index contributed by atoms with van der Waals surface area (Å²) in [5.74, 6) is -0.105. The van der Waals surface area contributed by atoms with Crippen LogP contribution < -0.4 is 5.32 Å². The summed E-state index contributed by atoms with van der Waals surface area (Å²) in [6.07, 6.45) is 2.66. The molecule has 1 aromatic rings. The average Bonchev–Trinajstić information content (AvgIpc) is 3.28. The highest BCUT2D eigenvalue weighted by Gasteiger charge is 2.34. The molecule has 1 atom stereocenters. The first-order chi connectivity index (χ1) is 10.8. The molecule has 1 aliphatic carbocycles. The Balaban J connectivity index is 2.12. The van der Waals surface area contributed by atoms with Crippen LogP contribution in [0.25, 0.3) is 0 Å². The Labute approximate surface area is 147 Å². The van der Waals surface area contributed by atoms with Crippen molar-refractivity contribution < 1.29 is 9.59 Å². The molecule has 126 valence electrons. The number of halogens is 2. The molecule has 1 saturated carbocycles. The molecule has 1 unspecified atom stereocenters. The summed E-state index contributed by atoms with van der Waals surface area (Å²) < 4.78 is 0. The van der Waals surface area contributed by atoms with Crippen molar-refractivity contribution >= 4 is 35.0 Å². The molecule has 0 saturated heterocycles. The van der Waals surface area contributed by atoms with Crippen molar-refractivity contribution in [1.29, 1.82) is 0 Å². The molecule has 0 aromatic heterocycles. The Kier molecular flexibility index (Phi) is 5.93. The van der Waals surface area contributed by atoms with Crippen LogP contribution in [0, 0.1) is 5.92 Å². The fourth-order valence-corrected chi connectivity index (χ4v) is 2.98. The Morgan fingerprint density at radius 1 is 1.30 bits per heavy atom. The second-order valence-electron chi connectivity index (χ2n) is 6.46. The summed E-state index contributed by atoms with van der Waals surface area (Å²) in [5, 5.41) is 3.58. The molecule has 2 amide bonds. The van der Waals surface area contributed by atoms with Crippen molar-refractivity contribution in [2.24, 2.45) is 5.92 Å². The lowest BCUT2D eigenvalue weighted by molar-refractivity contribution is -0.132. The smallest absolute Gasteiger partial charge is 0.253 e. The van der Waals surface area contributed by atoms with Crippen LogP contribution in [0.1, 0.15) is 43.5 Å². The third kappa shape index (κ3) is 4.85. The number of likely N-dealkylation sites (N-methyl/N-ethyl adjacent to an activating group) is 1. The minimum absolute atomic E-state index is 0.0420. The van der Waals surface area contributed by atoms with Crippen molar-refractivity contribution in [3.63, 3.8) is 0 Å². The molecule has 1 aliphatic rings. The summed E-state index contributed by atoms with van der Waals surface area (Å²) in [5.41, 5.74) is 0.326. The van der Waals surface area contributed by atoms with Crippen molar-refractivity contribution in [2.75, 3.05) is 7.05 Å². The van der Waals surface area contributed by atoms with E-state index in [2.05, 4.69) is 5.32 Å². The first-order valence-electron chi connectivity index (χ1n) is 7.82. The van der Waals surface area contributed by atoms with E-state index in [1.165, 1.54) is 6.07 Å². The summed E-state index contributed by atoms with van der Waals surface area (Å²) in [4.78, 5) is 26.8. The van der Waals surface area contributed by atoms with Crippen LogP contribution >= 0.6 is 23.2 Å². The molecule has 2 rings (SSSR count). The highest BCUT2D eigenvalue weighted by Crippen LogP contribution is 2.27. The summed E-state index contributed by atoms with van der Waals surface area (Å²) in [6.45, 7) is 4.05. The maximum Gasteiger partial charge on any atom is 0.253 e. The number of nitrogens with one attached hydrogen (secondary N) is 1. The Morgan fingerprint density at radius 3 is 2.48 bits per heavy atom. The van der Waals surface area contributed by atoms with Crippen LogP contribution in [0.5, 0.6) is 0 Å². The zero-order chi connectivity index (χ0) is 17.1. The fraction of sp³-hybridized carbons (Fsp3) is 0.529. The highest BCUT2D eigenvalue weighted by atomic mass is 35.5.